The maximum Gasteiger partial charge on any atom is 0.328 e. The normalized spacial score (nSPS) is 11.6. The van der Waals surface area contributed by atoms with Crippen molar-refractivity contribution in [2.45, 2.75) is 11.8 Å². The van der Waals surface area contributed by atoms with Gasteiger partial charge in [0.2, 0.25) is 0 Å². The lowest BCUT2D eigenvalue weighted by atomic mass is 10.2. The van der Waals surface area contributed by atoms with Gasteiger partial charge in [0.15, 0.2) is 0 Å². The molecule has 7 heteroatoms. The van der Waals surface area contributed by atoms with Crippen molar-refractivity contribution in [1.82, 2.24) is 0 Å². The highest BCUT2D eigenvalue weighted by Gasteiger charge is 2.16. The van der Waals surface area contributed by atoms with Gasteiger partial charge in [0, 0.05) is 6.08 Å². The zero-order valence-corrected chi connectivity index (χ0v) is 13.0. The van der Waals surface area contributed by atoms with Gasteiger partial charge in [0.05, 0.1) is 10.6 Å². The average molecular weight is 335 g/mol. The first kappa shape index (κ1) is 16.7. The van der Waals surface area contributed by atoms with E-state index >= 15 is 0 Å². The molecule has 0 aliphatic carbocycles. The number of carboxylic acids is 1. The van der Waals surface area contributed by atoms with Crippen LogP contribution in [0.15, 0.2) is 53.4 Å². The standard InChI is InChI=1S/C16H14FNO4S/c1-11-2-8-14(17)15(10-11)18-23(21,22)13-6-3-12(4-7-13)5-9-16(19)20/h2-10,18H,1H3,(H,19,20). The van der Waals surface area contributed by atoms with Crippen LogP contribution >= 0.6 is 0 Å². The Labute approximate surface area is 133 Å². The van der Waals surface area contributed by atoms with Gasteiger partial charge in [0.25, 0.3) is 10.0 Å². The molecule has 0 saturated heterocycles. The summed E-state index contributed by atoms with van der Waals surface area (Å²) >= 11 is 0. The van der Waals surface area contributed by atoms with E-state index in [1.54, 1.807) is 6.92 Å². The number of aryl methyl sites for hydroxylation is 1. The number of benzene rings is 2. The maximum atomic E-state index is 13.7. The lowest BCUT2D eigenvalue weighted by Crippen LogP contribution is -2.14. The van der Waals surface area contributed by atoms with Crippen molar-refractivity contribution in [1.29, 1.82) is 0 Å². The summed E-state index contributed by atoms with van der Waals surface area (Å²) in [5.74, 6) is -1.77. The van der Waals surface area contributed by atoms with Crippen molar-refractivity contribution in [3.05, 3.63) is 65.5 Å². The van der Waals surface area contributed by atoms with Crippen molar-refractivity contribution in [2.24, 2.45) is 0 Å². The molecule has 0 aliphatic rings. The molecule has 5 nitrogen and oxygen atoms in total. The first-order chi connectivity index (χ1) is 10.8. The van der Waals surface area contributed by atoms with E-state index in [9.17, 15) is 17.6 Å². The molecule has 0 saturated carbocycles. The van der Waals surface area contributed by atoms with Gasteiger partial charge < -0.3 is 5.11 Å². The van der Waals surface area contributed by atoms with Crippen LogP contribution in [0.1, 0.15) is 11.1 Å². The van der Waals surface area contributed by atoms with Gasteiger partial charge in [0.1, 0.15) is 5.82 Å². The van der Waals surface area contributed by atoms with Gasteiger partial charge in [-0.3, -0.25) is 4.72 Å². The van der Waals surface area contributed by atoms with Gasteiger partial charge in [-0.25, -0.2) is 17.6 Å². The lowest BCUT2D eigenvalue weighted by Gasteiger charge is -2.10. The smallest absolute Gasteiger partial charge is 0.328 e. The molecule has 2 rings (SSSR count). The second kappa shape index (κ2) is 6.62. The molecule has 0 fully saturated rings. The number of sulfonamides is 1. The molecule has 0 radical (unpaired) electrons. The van der Waals surface area contributed by atoms with Gasteiger partial charge in [-0.2, -0.15) is 0 Å². The first-order valence-electron chi connectivity index (χ1n) is 6.58. The minimum atomic E-state index is -3.93. The van der Waals surface area contributed by atoms with Crippen molar-refractivity contribution >= 4 is 27.8 Å². The Morgan fingerprint density at radius 2 is 1.83 bits per heavy atom. The molecule has 2 aromatic rings. The highest BCUT2D eigenvalue weighted by atomic mass is 32.2. The number of halogens is 1. The SMILES string of the molecule is Cc1ccc(F)c(NS(=O)(=O)c2ccc(C=CC(=O)O)cc2)c1. The number of rotatable bonds is 5. The van der Waals surface area contributed by atoms with E-state index in [2.05, 4.69) is 4.72 Å². The molecule has 0 atom stereocenters. The Hall–Kier alpha value is -2.67. The van der Waals surface area contributed by atoms with Crippen LogP contribution in [0, 0.1) is 12.7 Å². The van der Waals surface area contributed by atoms with Crippen LogP contribution in [-0.4, -0.2) is 19.5 Å². The molecular weight excluding hydrogens is 321 g/mol. The fourth-order valence-corrected chi connectivity index (χ4v) is 2.90. The zero-order chi connectivity index (χ0) is 17.0. The monoisotopic (exact) mass is 335 g/mol. The number of nitrogens with one attached hydrogen (secondary N) is 1. The van der Waals surface area contributed by atoms with Crippen LogP contribution in [0.2, 0.25) is 0 Å². The number of anilines is 1. The van der Waals surface area contributed by atoms with Crippen molar-refractivity contribution in [3.63, 3.8) is 0 Å². The lowest BCUT2D eigenvalue weighted by molar-refractivity contribution is -0.131. The predicted molar refractivity (Wildman–Crippen MR) is 85.1 cm³/mol. The Bertz CT molecular complexity index is 858. The third-order valence-electron chi connectivity index (χ3n) is 2.97. The molecular formula is C16H14FNO4S. The summed E-state index contributed by atoms with van der Waals surface area (Å²) in [6, 6.07) is 9.68. The summed E-state index contributed by atoms with van der Waals surface area (Å²) in [6.45, 7) is 1.72. The molecule has 0 unspecified atom stereocenters. The number of hydrogen-bond donors (Lipinski definition) is 2. The summed E-state index contributed by atoms with van der Waals surface area (Å²) in [5, 5.41) is 8.54. The van der Waals surface area contributed by atoms with E-state index in [0.29, 0.717) is 5.56 Å². The van der Waals surface area contributed by atoms with Crippen molar-refractivity contribution in [3.8, 4) is 0 Å². The van der Waals surface area contributed by atoms with E-state index in [1.807, 2.05) is 0 Å². The molecule has 0 aliphatic heterocycles. The van der Waals surface area contributed by atoms with E-state index in [1.165, 1.54) is 48.5 Å². The summed E-state index contributed by atoms with van der Waals surface area (Å²) in [7, 11) is -3.93. The largest absolute Gasteiger partial charge is 0.478 e. The van der Waals surface area contributed by atoms with E-state index in [4.69, 9.17) is 5.11 Å². The van der Waals surface area contributed by atoms with Gasteiger partial charge in [-0.05, 0) is 48.4 Å². The summed E-state index contributed by atoms with van der Waals surface area (Å²) in [5.41, 5.74) is 1.13. The van der Waals surface area contributed by atoms with E-state index < -0.39 is 21.8 Å². The Kier molecular flexibility index (Phi) is 4.80. The topological polar surface area (TPSA) is 83.5 Å². The molecule has 2 N–H and O–H groups in total. The van der Waals surface area contributed by atoms with Crippen LogP contribution in [0.5, 0.6) is 0 Å². The third-order valence-corrected chi connectivity index (χ3v) is 4.36. The van der Waals surface area contributed by atoms with Crippen LogP contribution in [-0.2, 0) is 14.8 Å². The Balaban J connectivity index is 2.26. The molecule has 0 heterocycles. The van der Waals surface area contributed by atoms with Crippen LogP contribution in [0.4, 0.5) is 10.1 Å². The quantitative estimate of drug-likeness (QED) is 0.823. The zero-order valence-electron chi connectivity index (χ0n) is 12.2. The number of aliphatic carboxylic acids is 1. The molecule has 0 spiro atoms. The number of hydrogen-bond acceptors (Lipinski definition) is 3. The van der Waals surface area contributed by atoms with Gasteiger partial charge >= 0.3 is 5.97 Å². The molecule has 0 bridgehead atoms. The second-order valence-electron chi connectivity index (χ2n) is 4.83. The van der Waals surface area contributed by atoms with Crippen LogP contribution in [0.25, 0.3) is 6.08 Å². The van der Waals surface area contributed by atoms with E-state index in [-0.39, 0.29) is 10.6 Å². The highest BCUT2D eigenvalue weighted by Crippen LogP contribution is 2.21. The fraction of sp³-hybridized carbons (Fsp3) is 0.0625. The van der Waals surface area contributed by atoms with Crippen molar-refractivity contribution in [2.75, 3.05) is 4.72 Å². The highest BCUT2D eigenvalue weighted by molar-refractivity contribution is 7.92. The van der Waals surface area contributed by atoms with Crippen LogP contribution < -0.4 is 4.72 Å². The van der Waals surface area contributed by atoms with Gasteiger partial charge in [-0.15, -0.1) is 0 Å². The third kappa shape index (κ3) is 4.40. The molecule has 0 aromatic heterocycles. The minimum Gasteiger partial charge on any atom is -0.478 e. The Morgan fingerprint density at radius 1 is 1.17 bits per heavy atom. The van der Waals surface area contributed by atoms with E-state index in [0.717, 1.165) is 11.6 Å². The summed E-state index contributed by atoms with van der Waals surface area (Å²) < 4.78 is 40.4. The summed E-state index contributed by atoms with van der Waals surface area (Å²) in [4.78, 5) is 10.4. The maximum absolute atomic E-state index is 13.7. The van der Waals surface area contributed by atoms with Crippen molar-refractivity contribution < 1.29 is 22.7 Å². The molecule has 2 aromatic carbocycles. The minimum absolute atomic E-state index is 0.0501. The second-order valence-corrected chi connectivity index (χ2v) is 6.51. The fourth-order valence-electron chi connectivity index (χ4n) is 1.85. The number of carboxylic acid groups (broad SMARTS) is 1. The molecule has 23 heavy (non-hydrogen) atoms. The predicted octanol–water partition coefficient (Wildman–Crippen LogP) is 3.03. The average Bonchev–Trinajstić information content (AvgIpc) is 2.49. The molecule has 0 amide bonds. The molecule has 120 valence electrons. The first-order valence-corrected chi connectivity index (χ1v) is 8.06. The number of carbonyl (C=O) groups is 1. The summed E-state index contributed by atoms with van der Waals surface area (Å²) in [6.07, 6.45) is 2.29. The van der Waals surface area contributed by atoms with Crippen LogP contribution in [0.3, 0.4) is 0 Å². The van der Waals surface area contributed by atoms with Gasteiger partial charge in [-0.1, -0.05) is 18.2 Å². The Morgan fingerprint density at radius 3 is 2.43 bits per heavy atom.